The lowest BCUT2D eigenvalue weighted by Crippen LogP contribution is -2.44. The van der Waals surface area contributed by atoms with E-state index in [1.807, 2.05) is 65.4 Å². The van der Waals surface area contributed by atoms with E-state index < -0.39 is 14.9 Å². The highest BCUT2D eigenvalue weighted by molar-refractivity contribution is 6.80. The van der Waals surface area contributed by atoms with Crippen LogP contribution in [0.3, 0.4) is 0 Å². The third kappa shape index (κ3) is 6.44. The van der Waals surface area contributed by atoms with Gasteiger partial charge in [0.15, 0.2) is 0 Å². The Morgan fingerprint density at radius 1 is 0.867 bits per heavy atom. The highest BCUT2D eigenvalue weighted by atomic mass is 35.5. The number of anilines is 1. The Bertz CT molecular complexity index is 1900. The van der Waals surface area contributed by atoms with Crippen molar-refractivity contribution >= 4 is 65.1 Å². The maximum atomic E-state index is 13.5. The van der Waals surface area contributed by atoms with Crippen LogP contribution in [0.25, 0.3) is 16.6 Å². The van der Waals surface area contributed by atoms with Crippen LogP contribution in [0.2, 0.25) is 10.0 Å². The van der Waals surface area contributed by atoms with Gasteiger partial charge in [0.1, 0.15) is 0 Å². The number of pyridine rings is 1. The fraction of sp³-hybridized carbons (Fsp3) is 0.139. The zero-order valence-corrected chi connectivity index (χ0v) is 27.6. The van der Waals surface area contributed by atoms with E-state index in [-0.39, 0.29) is 27.6 Å². The molecule has 9 heteroatoms. The number of carbonyl (C=O) groups excluding carboxylic acids is 1. The van der Waals surface area contributed by atoms with Crippen LogP contribution in [-0.2, 0) is 16.4 Å². The first-order chi connectivity index (χ1) is 21.7. The van der Waals surface area contributed by atoms with Crippen molar-refractivity contribution in [2.75, 3.05) is 5.32 Å². The van der Waals surface area contributed by atoms with Gasteiger partial charge in [-0.15, -0.1) is 0 Å². The number of amides is 1. The average molecular weight is 651 g/mol. The van der Waals surface area contributed by atoms with Gasteiger partial charge in [-0.2, -0.15) is 0 Å². The number of imidazole rings is 1. The Balaban J connectivity index is 1.51. The van der Waals surface area contributed by atoms with Crippen molar-refractivity contribution in [1.82, 2.24) is 14.5 Å². The van der Waals surface area contributed by atoms with Gasteiger partial charge in [0.05, 0.1) is 51.1 Å². The van der Waals surface area contributed by atoms with E-state index in [2.05, 4.69) is 55.3 Å². The fourth-order valence-electron chi connectivity index (χ4n) is 5.52. The lowest BCUT2D eigenvalue weighted by molar-refractivity contribution is 0.102. The second-order valence-corrected chi connectivity index (χ2v) is 14.5. The van der Waals surface area contributed by atoms with E-state index in [1.54, 1.807) is 30.7 Å². The quantitative estimate of drug-likeness (QED) is 0.172. The first-order valence-electron chi connectivity index (χ1n) is 14.5. The van der Waals surface area contributed by atoms with E-state index >= 15 is 0 Å². The standard InChI is InChI=1S/C36H31Cl2N4O2Si/c1-36(2,3)32-30(22-44-45(24-12-6-4-7-13-24)25-14-8-5-9-15-25)40-33-26(34(32)42-21-20-39-23-42)16-10-19-29(33)41-35(43)31-27(37)17-11-18-28(31)38/h4-21,23H,22H2,1-3H3,(H,41,43). The molecule has 1 radical (unpaired) electrons. The number of fused-ring (bicyclic) bond motifs is 1. The molecule has 6 rings (SSSR count). The number of halogens is 2. The van der Waals surface area contributed by atoms with Gasteiger partial charge in [0.2, 0.25) is 0 Å². The zero-order chi connectivity index (χ0) is 31.6. The molecular formula is C36H31Cl2N4O2Si. The molecule has 0 aliphatic rings. The number of nitrogens with zero attached hydrogens (tertiary/aromatic N) is 3. The Kier molecular flexibility index (Phi) is 8.87. The summed E-state index contributed by atoms with van der Waals surface area (Å²) in [5, 5.41) is 6.72. The summed E-state index contributed by atoms with van der Waals surface area (Å²) in [4.78, 5) is 23.1. The van der Waals surface area contributed by atoms with E-state index in [1.165, 1.54) is 0 Å². The average Bonchev–Trinajstić information content (AvgIpc) is 3.56. The number of aromatic nitrogens is 3. The maximum absolute atomic E-state index is 13.5. The van der Waals surface area contributed by atoms with Crippen LogP contribution >= 0.6 is 23.2 Å². The van der Waals surface area contributed by atoms with Crippen LogP contribution in [0.4, 0.5) is 5.69 Å². The summed E-state index contributed by atoms with van der Waals surface area (Å²) in [6, 6.07) is 31.4. The first kappa shape index (κ1) is 30.7. The fourth-order valence-corrected chi connectivity index (χ4v) is 8.03. The predicted octanol–water partition coefficient (Wildman–Crippen LogP) is 7.60. The van der Waals surface area contributed by atoms with Crippen LogP contribution in [0.1, 0.15) is 42.4 Å². The molecule has 0 fully saturated rings. The number of carbonyl (C=O) groups is 1. The molecule has 1 N–H and O–H groups in total. The molecule has 225 valence electrons. The van der Waals surface area contributed by atoms with Crippen LogP contribution in [0, 0.1) is 0 Å². The third-order valence-corrected chi connectivity index (χ3v) is 10.2. The third-order valence-electron chi connectivity index (χ3n) is 7.44. The smallest absolute Gasteiger partial charge is 0.283 e. The molecule has 0 saturated carbocycles. The van der Waals surface area contributed by atoms with Gasteiger partial charge in [-0.05, 0) is 34.0 Å². The van der Waals surface area contributed by atoms with Crippen molar-refractivity contribution in [2.45, 2.75) is 32.8 Å². The Labute approximate surface area is 274 Å². The Morgan fingerprint density at radius 3 is 2.07 bits per heavy atom. The molecule has 0 unspecified atom stereocenters. The van der Waals surface area contributed by atoms with Gasteiger partial charge in [0, 0.05) is 23.3 Å². The largest absolute Gasteiger partial charge is 0.401 e. The highest BCUT2D eigenvalue weighted by Gasteiger charge is 2.29. The summed E-state index contributed by atoms with van der Waals surface area (Å²) < 4.78 is 8.88. The molecule has 2 aromatic heterocycles. The number of benzene rings is 4. The zero-order valence-electron chi connectivity index (χ0n) is 25.1. The van der Waals surface area contributed by atoms with Crippen molar-refractivity contribution in [3.63, 3.8) is 0 Å². The molecule has 4 aromatic carbocycles. The van der Waals surface area contributed by atoms with Crippen LogP contribution in [0.5, 0.6) is 0 Å². The molecule has 0 atom stereocenters. The van der Waals surface area contributed by atoms with E-state index in [0.717, 1.165) is 32.7 Å². The predicted molar refractivity (Wildman–Crippen MR) is 185 cm³/mol. The molecule has 0 aliphatic heterocycles. The Hall–Kier alpha value is -4.27. The maximum Gasteiger partial charge on any atom is 0.283 e. The van der Waals surface area contributed by atoms with Crippen molar-refractivity contribution in [2.24, 2.45) is 0 Å². The number of hydrogen-bond acceptors (Lipinski definition) is 4. The monoisotopic (exact) mass is 649 g/mol. The van der Waals surface area contributed by atoms with E-state index in [4.69, 9.17) is 32.6 Å². The molecular weight excluding hydrogens is 619 g/mol. The molecule has 0 saturated heterocycles. The summed E-state index contributed by atoms with van der Waals surface area (Å²) in [6.45, 7) is 6.78. The number of para-hydroxylation sites is 1. The van der Waals surface area contributed by atoms with Gasteiger partial charge < -0.3 is 14.3 Å². The summed E-state index contributed by atoms with van der Waals surface area (Å²) in [7, 11) is -1.61. The van der Waals surface area contributed by atoms with Gasteiger partial charge in [-0.25, -0.2) is 9.97 Å². The molecule has 6 nitrogen and oxygen atoms in total. The molecule has 0 aliphatic carbocycles. The van der Waals surface area contributed by atoms with Crippen molar-refractivity contribution in [3.8, 4) is 5.69 Å². The summed E-state index contributed by atoms with van der Waals surface area (Å²) >= 11 is 12.8. The summed E-state index contributed by atoms with van der Waals surface area (Å²) in [5.74, 6) is -0.416. The summed E-state index contributed by atoms with van der Waals surface area (Å²) in [6.07, 6.45) is 5.46. The second kappa shape index (κ2) is 13.0. The van der Waals surface area contributed by atoms with Gasteiger partial charge in [0.25, 0.3) is 14.9 Å². The van der Waals surface area contributed by atoms with Crippen molar-refractivity contribution < 1.29 is 9.22 Å². The van der Waals surface area contributed by atoms with Crippen molar-refractivity contribution in [3.05, 3.63) is 143 Å². The first-order valence-corrected chi connectivity index (χ1v) is 16.7. The normalized spacial score (nSPS) is 11.7. The lowest BCUT2D eigenvalue weighted by Gasteiger charge is -2.28. The molecule has 6 aromatic rings. The van der Waals surface area contributed by atoms with Gasteiger partial charge in [-0.1, -0.05) is 123 Å². The minimum Gasteiger partial charge on any atom is -0.401 e. The Morgan fingerprint density at radius 2 is 1.49 bits per heavy atom. The minimum absolute atomic E-state index is 0.209. The molecule has 1 amide bonds. The van der Waals surface area contributed by atoms with Crippen LogP contribution in [-0.4, -0.2) is 29.5 Å². The number of rotatable bonds is 8. The topological polar surface area (TPSA) is 69.0 Å². The van der Waals surface area contributed by atoms with E-state index in [9.17, 15) is 4.79 Å². The second-order valence-electron chi connectivity index (χ2n) is 11.6. The van der Waals surface area contributed by atoms with E-state index in [0.29, 0.717) is 11.2 Å². The molecule has 45 heavy (non-hydrogen) atoms. The molecule has 0 spiro atoms. The molecule has 2 heterocycles. The number of nitrogens with one attached hydrogen (secondary N) is 1. The SMILES string of the molecule is CC(C)(C)c1c(CO[Si](c2ccccc2)c2ccccc2)nc2c(NC(=O)c3c(Cl)cccc3Cl)cccc2c1-n1ccnc1. The summed E-state index contributed by atoms with van der Waals surface area (Å²) in [5.41, 5.74) is 3.81. The minimum atomic E-state index is -1.61. The van der Waals surface area contributed by atoms with Gasteiger partial charge >= 0.3 is 0 Å². The van der Waals surface area contributed by atoms with Crippen LogP contribution < -0.4 is 15.7 Å². The highest BCUT2D eigenvalue weighted by Crippen LogP contribution is 2.38. The van der Waals surface area contributed by atoms with Crippen molar-refractivity contribution in [1.29, 1.82) is 0 Å². The van der Waals surface area contributed by atoms with Gasteiger partial charge in [-0.3, -0.25) is 4.79 Å². The lowest BCUT2D eigenvalue weighted by atomic mass is 9.83. The van der Waals surface area contributed by atoms with Crippen LogP contribution in [0.15, 0.2) is 116 Å². The molecule has 0 bridgehead atoms. The number of hydrogen-bond donors (Lipinski definition) is 1.